The standard InChI is InChI=1S/C10H19N5O/c1-3-8(4-5-16)13-9-7(2)6-12-10(14-9)15-11/h6,8,16H,3-5,11H2,1-2H3,(H2,12,13,14,15). The van der Waals surface area contributed by atoms with E-state index in [9.17, 15) is 0 Å². The van der Waals surface area contributed by atoms with Gasteiger partial charge in [0.2, 0.25) is 5.95 Å². The number of hydrogen-bond acceptors (Lipinski definition) is 6. The summed E-state index contributed by atoms with van der Waals surface area (Å²) in [6.07, 6.45) is 3.33. The summed E-state index contributed by atoms with van der Waals surface area (Å²) in [5.41, 5.74) is 3.36. The second kappa shape index (κ2) is 6.24. The molecule has 6 nitrogen and oxygen atoms in total. The van der Waals surface area contributed by atoms with E-state index >= 15 is 0 Å². The van der Waals surface area contributed by atoms with Crippen molar-refractivity contribution in [2.24, 2.45) is 5.84 Å². The van der Waals surface area contributed by atoms with Crippen molar-refractivity contribution in [2.75, 3.05) is 17.3 Å². The van der Waals surface area contributed by atoms with E-state index < -0.39 is 0 Å². The highest BCUT2D eigenvalue weighted by Crippen LogP contribution is 2.15. The Kier molecular flexibility index (Phi) is 4.94. The zero-order chi connectivity index (χ0) is 12.0. The third-order valence-electron chi connectivity index (χ3n) is 2.41. The Labute approximate surface area is 95.3 Å². The Balaban J connectivity index is 2.77. The van der Waals surface area contributed by atoms with Crippen molar-refractivity contribution in [1.82, 2.24) is 9.97 Å². The number of aromatic nitrogens is 2. The first-order valence-corrected chi connectivity index (χ1v) is 5.38. The number of rotatable bonds is 6. The van der Waals surface area contributed by atoms with E-state index in [2.05, 4.69) is 27.6 Å². The molecule has 1 heterocycles. The molecule has 0 saturated heterocycles. The Morgan fingerprint density at radius 1 is 1.56 bits per heavy atom. The molecule has 1 rings (SSSR count). The molecule has 0 saturated carbocycles. The molecule has 0 aliphatic carbocycles. The number of nitrogen functional groups attached to an aromatic ring is 1. The van der Waals surface area contributed by atoms with E-state index in [4.69, 9.17) is 10.9 Å². The van der Waals surface area contributed by atoms with Crippen LogP contribution in [-0.2, 0) is 0 Å². The van der Waals surface area contributed by atoms with Gasteiger partial charge in [0.25, 0.3) is 0 Å². The van der Waals surface area contributed by atoms with Crippen LogP contribution in [0.5, 0.6) is 0 Å². The van der Waals surface area contributed by atoms with Crippen molar-refractivity contribution in [3.05, 3.63) is 11.8 Å². The van der Waals surface area contributed by atoms with Gasteiger partial charge in [-0.25, -0.2) is 10.8 Å². The van der Waals surface area contributed by atoms with Crippen molar-refractivity contribution in [3.8, 4) is 0 Å². The Hall–Kier alpha value is -1.40. The molecule has 16 heavy (non-hydrogen) atoms. The molecule has 90 valence electrons. The number of aliphatic hydroxyl groups excluding tert-OH is 1. The maximum atomic E-state index is 8.91. The van der Waals surface area contributed by atoms with Crippen LogP contribution in [0.25, 0.3) is 0 Å². The summed E-state index contributed by atoms with van der Waals surface area (Å²) in [5.74, 6) is 6.38. The Morgan fingerprint density at radius 2 is 2.31 bits per heavy atom. The van der Waals surface area contributed by atoms with Gasteiger partial charge < -0.3 is 10.4 Å². The quantitative estimate of drug-likeness (QED) is 0.419. The third-order valence-corrected chi connectivity index (χ3v) is 2.41. The summed E-state index contributed by atoms with van der Waals surface area (Å²) in [5, 5.41) is 12.2. The van der Waals surface area contributed by atoms with Gasteiger partial charge in [0.1, 0.15) is 5.82 Å². The predicted octanol–water partition coefficient (Wildman–Crippen LogP) is 0.644. The third kappa shape index (κ3) is 3.32. The number of aliphatic hydroxyl groups is 1. The smallest absolute Gasteiger partial charge is 0.239 e. The molecule has 1 aromatic rings. The fourth-order valence-corrected chi connectivity index (χ4v) is 1.39. The van der Waals surface area contributed by atoms with Gasteiger partial charge in [-0.3, -0.25) is 5.43 Å². The first-order valence-electron chi connectivity index (χ1n) is 5.38. The van der Waals surface area contributed by atoms with Crippen molar-refractivity contribution >= 4 is 11.8 Å². The SMILES string of the molecule is CCC(CCO)Nc1nc(NN)ncc1C. The molecular formula is C10H19N5O. The number of hydrogen-bond donors (Lipinski definition) is 4. The van der Waals surface area contributed by atoms with E-state index in [-0.39, 0.29) is 12.6 Å². The zero-order valence-corrected chi connectivity index (χ0v) is 9.70. The van der Waals surface area contributed by atoms with Crippen LogP contribution in [0.3, 0.4) is 0 Å². The number of anilines is 2. The Bertz CT molecular complexity index is 331. The summed E-state index contributed by atoms with van der Waals surface area (Å²) in [6.45, 7) is 4.15. The monoisotopic (exact) mass is 225 g/mol. The number of nitrogens with one attached hydrogen (secondary N) is 2. The molecule has 5 N–H and O–H groups in total. The molecule has 0 fully saturated rings. The van der Waals surface area contributed by atoms with Crippen molar-refractivity contribution in [2.45, 2.75) is 32.7 Å². The van der Waals surface area contributed by atoms with Gasteiger partial charge >= 0.3 is 0 Å². The lowest BCUT2D eigenvalue weighted by atomic mass is 10.1. The van der Waals surface area contributed by atoms with Crippen molar-refractivity contribution in [1.29, 1.82) is 0 Å². The highest BCUT2D eigenvalue weighted by atomic mass is 16.3. The average molecular weight is 225 g/mol. The first-order chi connectivity index (χ1) is 7.71. The maximum absolute atomic E-state index is 8.91. The molecule has 1 unspecified atom stereocenters. The van der Waals surface area contributed by atoms with Gasteiger partial charge in [0.05, 0.1) is 0 Å². The molecule has 1 atom stereocenters. The molecule has 0 aliphatic heterocycles. The minimum Gasteiger partial charge on any atom is -0.396 e. The van der Waals surface area contributed by atoms with Crippen LogP contribution in [0.2, 0.25) is 0 Å². The van der Waals surface area contributed by atoms with Gasteiger partial charge in [0, 0.05) is 24.4 Å². The second-order valence-corrected chi connectivity index (χ2v) is 3.63. The zero-order valence-electron chi connectivity index (χ0n) is 9.70. The topological polar surface area (TPSA) is 96.1 Å². The second-order valence-electron chi connectivity index (χ2n) is 3.63. The summed E-state index contributed by atoms with van der Waals surface area (Å²) in [7, 11) is 0. The summed E-state index contributed by atoms with van der Waals surface area (Å²) >= 11 is 0. The normalized spacial score (nSPS) is 12.2. The number of hydrazine groups is 1. The van der Waals surface area contributed by atoms with E-state index in [0.717, 1.165) is 17.8 Å². The lowest BCUT2D eigenvalue weighted by molar-refractivity contribution is 0.278. The highest BCUT2D eigenvalue weighted by Gasteiger charge is 2.09. The van der Waals surface area contributed by atoms with Gasteiger partial charge in [-0.2, -0.15) is 4.98 Å². The predicted molar refractivity (Wildman–Crippen MR) is 64.0 cm³/mol. The largest absolute Gasteiger partial charge is 0.396 e. The van der Waals surface area contributed by atoms with Crippen molar-refractivity contribution in [3.63, 3.8) is 0 Å². The minimum atomic E-state index is 0.164. The fraction of sp³-hybridized carbons (Fsp3) is 0.600. The van der Waals surface area contributed by atoms with Crippen LogP contribution < -0.4 is 16.6 Å². The minimum absolute atomic E-state index is 0.164. The molecule has 0 amide bonds. The molecule has 1 aromatic heterocycles. The lowest BCUT2D eigenvalue weighted by Gasteiger charge is -2.18. The lowest BCUT2D eigenvalue weighted by Crippen LogP contribution is -2.22. The summed E-state index contributed by atoms with van der Waals surface area (Å²) in [6, 6.07) is 0.212. The first kappa shape index (κ1) is 12.7. The molecule has 6 heteroatoms. The van der Waals surface area contributed by atoms with Gasteiger partial charge in [-0.1, -0.05) is 6.92 Å². The summed E-state index contributed by atoms with van der Waals surface area (Å²) in [4.78, 5) is 8.22. The van der Waals surface area contributed by atoms with Crippen LogP contribution in [0, 0.1) is 6.92 Å². The van der Waals surface area contributed by atoms with E-state index in [1.165, 1.54) is 0 Å². The van der Waals surface area contributed by atoms with Crippen LogP contribution in [0.15, 0.2) is 6.20 Å². The van der Waals surface area contributed by atoms with Crippen LogP contribution in [0.1, 0.15) is 25.3 Å². The van der Waals surface area contributed by atoms with E-state index in [1.54, 1.807) is 6.20 Å². The number of nitrogens with zero attached hydrogens (tertiary/aromatic N) is 2. The van der Waals surface area contributed by atoms with Crippen LogP contribution in [0.4, 0.5) is 11.8 Å². The number of nitrogens with two attached hydrogens (primary N) is 1. The molecular weight excluding hydrogens is 206 g/mol. The average Bonchev–Trinajstić information content (AvgIpc) is 2.31. The van der Waals surface area contributed by atoms with Crippen LogP contribution in [-0.4, -0.2) is 27.7 Å². The number of aryl methyl sites for hydroxylation is 1. The van der Waals surface area contributed by atoms with E-state index in [1.807, 2.05) is 6.92 Å². The molecule has 0 spiro atoms. The maximum Gasteiger partial charge on any atom is 0.239 e. The van der Waals surface area contributed by atoms with Gasteiger partial charge in [0.15, 0.2) is 0 Å². The Morgan fingerprint density at radius 3 is 2.88 bits per heavy atom. The molecule has 0 aliphatic rings. The van der Waals surface area contributed by atoms with Crippen molar-refractivity contribution < 1.29 is 5.11 Å². The van der Waals surface area contributed by atoms with E-state index in [0.29, 0.717) is 12.4 Å². The highest BCUT2D eigenvalue weighted by molar-refractivity contribution is 5.46. The summed E-state index contributed by atoms with van der Waals surface area (Å²) < 4.78 is 0. The molecule has 0 bridgehead atoms. The van der Waals surface area contributed by atoms with Crippen LogP contribution >= 0.6 is 0 Å². The van der Waals surface area contributed by atoms with Gasteiger partial charge in [-0.15, -0.1) is 0 Å². The molecule has 0 radical (unpaired) electrons. The molecule has 0 aromatic carbocycles. The van der Waals surface area contributed by atoms with Gasteiger partial charge in [-0.05, 0) is 19.8 Å². The fourth-order valence-electron chi connectivity index (χ4n) is 1.39.